The zero-order valence-electron chi connectivity index (χ0n) is 14.2. The van der Waals surface area contributed by atoms with Crippen molar-refractivity contribution in [2.75, 3.05) is 24.6 Å². The summed E-state index contributed by atoms with van der Waals surface area (Å²) >= 11 is 5.85. The molecule has 1 N–H and O–H groups in total. The van der Waals surface area contributed by atoms with Crippen molar-refractivity contribution in [1.82, 2.24) is 9.88 Å². The highest BCUT2D eigenvalue weighted by atomic mass is 35.5. The number of benzene rings is 1. The summed E-state index contributed by atoms with van der Waals surface area (Å²) in [7, 11) is -3.22. The van der Waals surface area contributed by atoms with Gasteiger partial charge < -0.3 is 9.88 Å². The van der Waals surface area contributed by atoms with E-state index in [0.717, 1.165) is 0 Å². The van der Waals surface area contributed by atoms with Gasteiger partial charge in [-0.05, 0) is 30.2 Å². The summed E-state index contributed by atoms with van der Waals surface area (Å²) in [4.78, 5) is 16.3. The molecule has 27 heavy (non-hydrogen) atoms. The van der Waals surface area contributed by atoms with Crippen LogP contribution in [0.5, 0.6) is 0 Å². The normalized spacial score (nSPS) is 17.1. The van der Waals surface area contributed by atoms with E-state index in [2.05, 4.69) is 4.98 Å². The van der Waals surface area contributed by atoms with E-state index in [1.165, 1.54) is 36.1 Å². The third-order valence-corrected chi connectivity index (χ3v) is 6.37. The zero-order chi connectivity index (χ0) is 20.0. The summed E-state index contributed by atoms with van der Waals surface area (Å²) < 4.78 is 63.2. The predicted octanol–water partition coefficient (Wildman–Crippen LogP) is 3.53. The first-order valence-electron chi connectivity index (χ1n) is 8.05. The van der Waals surface area contributed by atoms with Crippen molar-refractivity contribution in [3.8, 4) is 11.1 Å². The number of amides is 1. The fraction of sp³-hybridized carbons (Fsp3) is 0.353. The van der Waals surface area contributed by atoms with E-state index in [0.29, 0.717) is 10.6 Å². The largest absolute Gasteiger partial charge is 0.431 e. The lowest BCUT2D eigenvalue weighted by molar-refractivity contribution is -0.141. The molecule has 0 saturated carbocycles. The van der Waals surface area contributed by atoms with Crippen LogP contribution in [0.25, 0.3) is 11.1 Å². The third kappa shape index (κ3) is 3.98. The minimum absolute atomic E-state index is 0.0549. The molecular formula is C17H16ClF3N2O3S. The van der Waals surface area contributed by atoms with Crippen LogP contribution < -0.4 is 0 Å². The molecule has 1 aliphatic heterocycles. The number of aromatic nitrogens is 1. The van der Waals surface area contributed by atoms with E-state index in [-0.39, 0.29) is 41.4 Å². The monoisotopic (exact) mass is 420 g/mol. The second kappa shape index (κ2) is 6.87. The number of hydrogen-bond donors (Lipinski definition) is 1. The average Bonchev–Trinajstić information content (AvgIpc) is 2.92. The molecule has 1 saturated heterocycles. The minimum Gasteiger partial charge on any atom is -0.346 e. The molecule has 0 aliphatic carbocycles. The van der Waals surface area contributed by atoms with E-state index < -0.39 is 27.6 Å². The molecule has 0 atom stereocenters. The molecule has 146 valence electrons. The predicted molar refractivity (Wildman–Crippen MR) is 95.5 cm³/mol. The van der Waals surface area contributed by atoms with Crippen molar-refractivity contribution in [2.45, 2.75) is 13.1 Å². The minimum atomic E-state index is -4.66. The lowest BCUT2D eigenvalue weighted by Crippen LogP contribution is -2.44. The Morgan fingerprint density at radius 2 is 1.70 bits per heavy atom. The van der Waals surface area contributed by atoms with Gasteiger partial charge in [0.15, 0.2) is 9.84 Å². The highest BCUT2D eigenvalue weighted by molar-refractivity contribution is 7.91. The Morgan fingerprint density at radius 1 is 1.15 bits per heavy atom. The van der Waals surface area contributed by atoms with Gasteiger partial charge in [-0.25, -0.2) is 8.42 Å². The summed E-state index contributed by atoms with van der Waals surface area (Å²) in [6, 6.07) is 6.13. The maximum absolute atomic E-state index is 13.4. The van der Waals surface area contributed by atoms with Crippen LogP contribution in [-0.2, 0) is 16.0 Å². The van der Waals surface area contributed by atoms with Gasteiger partial charge in [0.2, 0.25) is 0 Å². The van der Waals surface area contributed by atoms with Crippen LogP contribution in [0.4, 0.5) is 13.2 Å². The van der Waals surface area contributed by atoms with Gasteiger partial charge in [0.25, 0.3) is 5.91 Å². The molecule has 1 aromatic heterocycles. The van der Waals surface area contributed by atoms with Gasteiger partial charge in [0, 0.05) is 23.7 Å². The van der Waals surface area contributed by atoms with Crippen LogP contribution in [0, 0.1) is 6.92 Å². The second-order valence-electron chi connectivity index (χ2n) is 6.32. The Kier molecular flexibility index (Phi) is 5.02. The summed E-state index contributed by atoms with van der Waals surface area (Å²) in [6.45, 7) is 1.18. The molecule has 2 aromatic rings. The lowest BCUT2D eigenvalue weighted by Gasteiger charge is -2.26. The molecular weight excluding hydrogens is 405 g/mol. The van der Waals surface area contributed by atoms with Gasteiger partial charge in [-0.15, -0.1) is 0 Å². The first-order valence-corrected chi connectivity index (χ1v) is 10.2. The summed E-state index contributed by atoms with van der Waals surface area (Å²) in [6.07, 6.45) is -4.66. The molecule has 10 heteroatoms. The first kappa shape index (κ1) is 19.8. The van der Waals surface area contributed by atoms with E-state index >= 15 is 0 Å². The number of sulfone groups is 1. The van der Waals surface area contributed by atoms with Gasteiger partial charge >= 0.3 is 6.18 Å². The highest BCUT2D eigenvalue weighted by Crippen LogP contribution is 2.39. The van der Waals surface area contributed by atoms with Crippen LogP contribution in [0.3, 0.4) is 0 Å². The topological polar surface area (TPSA) is 70.2 Å². The number of nitrogens with zero attached hydrogens (tertiary/aromatic N) is 1. The van der Waals surface area contributed by atoms with E-state index in [1.54, 1.807) is 0 Å². The number of hydrogen-bond acceptors (Lipinski definition) is 3. The van der Waals surface area contributed by atoms with Crippen LogP contribution in [0.2, 0.25) is 5.02 Å². The van der Waals surface area contributed by atoms with Crippen molar-refractivity contribution in [3.63, 3.8) is 0 Å². The standard InChI is InChI=1S/C17H16ClF3N2O3S/c1-10-13(11-2-4-12(18)5-3-11)14(22-15(10)17(19,20)21)16(24)23-6-8-27(25,26)9-7-23/h2-5,22H,6-9H2,1H3. The van der Waals surface area contributed by atoms with Crippen LogP contribution in [-0.4, -0.2) is 48.8 Å². The Balaban J connectivity index is 2.08. The average molecular weight is 421 g/mol. The van der Waals surface area contributed by atoms with E-state index in [9.17, 15) is 26.4 Å². The van der Waals surface area contributed by atoms with E-state index in [4.69, 9.17) is 11.6 Å². The lowest BCUT2D eigenvalue weighted by atomic mass is 10.00. The number of halogens is 4. The number of carbonyl (C=O) groups is 1. The van der Waals surface area contributed by atoms with Crippen LogP contribution in [0.15, 0.2) is 24.3 Å². The quantitative estimate of drug-likeness (QED) is 0.808. The van der Waals surface area contributed by atoms with Gasteiger partial charge in [-0.2, -0.15) is 13.2 Å². The molecule has 0 unspecified atom stereocenters. The van der Waals surface area contributed by atoms with Crippen molar-refractivity contribution in [1.29, 1.82) is 0 Å². The van der Waals surface area contributed by atoms with Crippen molar-refractivity contribution < 1.29 is 26.4 Å². The molecule has 1 aromatic carbocycles. The maximum atomic E-state index is 13.4. The molecule has 1 aliphatic rings. The number of H-pyrrole nitrogens is 1. The smallest absolute Gasteiger partial charge is 0.346 e. The molecule has 5 nitrogen and oxygen atoms in total. The van der Waals surface area contributed by atoms with Crippen molar-refractivity contribution in [2.24, 2.45) is 0 Å². The van der Waals surface area contributed by atoms with E-state index in [1.807, 2.05) is 0 Å². The van der Waals surface area contributed by atoms with Gasteiger partial charge in [-0.3, -0.25) is 4.79 Å². The van der Waals surface area contributed by atoms with Gasteiger partial charge in [0.05, 0.1) is 11.5 Å². The molecule has 1 fully saturated rings. The summed E-state index contributed by atoms with van der Waals surface area (Å²) in [5.74, 6) is -1.07. The maximum Gasteiger partial charge on any atom is 0.431 e. The number of rotatable bonds is 2. The number of alkyl halides is 3. The Morgan fingerprint density at radius 3 is 2.22 bits per heavy atom. The molecule has 3 rings (SSSR count). The van der Waals surface area contributed by atoms with Gasteiger partial charge in [0.1, 0.15) is 11.4 Å². The number of nitrogens with one attached hydrogen (secondary N) is 1. The number of carbonyl (C=O) groups excluding carboxylic acids is 1. The van der Waals surface area contributed by atoms with Crippen molar-refractivity contribution >= 4 is 27.3 Å². The third-order valence-electron chi connectivity index (χ3n) is 4.51. The first-order chi connectivity index (χ1) is 12.5. The van der Waals surface area contributed by atoms with Crippen LogP contribution >= 0.6 is 11.6 Å². The SMILES string of the molecule is Cc1c(C(F)(F)F)[nH]c(C(=O)N2CCS(=O)(=O)CC2)c1-c1ccc(Cl)cc1. The van der Waals surface area contributed by atoms with Crippen LogP contribution in [0.1, 0.15) is 21.7 Å². The highest BCUT2D eigenvalue weighted by Gasteiger charge is 2.39. The molecule has 0 spiro atoms. The Labute approximate surface area is 159 Å². The number of aromatic amines is 1. The molecule has 2 heterocycles. The van der Waals surface area contributed by atoms with Gasteiger partial charge in [-0.1, -0.05) is 23.7 Å². The molecule has 0 radical (unpaired) electrons. The second-order valence-corrected chi connectivity index (χ2v) is 9.06. The molecule has 1 amide bonds. The Bertz CT molecular complexity index is 968. The summed E-state index contributed by atoms with van der Waals surface area (Å²) in [5.41, 5.74) is -0.756. The van der Waals surface area contributed by atoms with Crippen molar-refractivity contribution in [3.05, 3.63) is 46.2 Å². The fourth-order valence-corrected chi connectivity index (χ4v) is 4.42. The Hall–Kier alpha value is -2.00. The fourth-order valence-electron chi connectivity index (χ4n) is 3.09. The zero-order valence-corrected chi connectivity index (χ0v) is 15.8. The summed E-state index contributed by atoms with van der Waals surface area (Å²) in [5, 5.41) is 0.414. The molecule has 0 bridgehead atoms.